The number of hydrogen-bond donors (Lipinski definition) is 2. The van der Waals surface area contributed by atoms with E-state index in [1.165, 1.54) is 0 Å². The SMILES string of the molecule is COCc1cccc(CNC(=O)CCCC(=O)O)c1. The van der Waals surface area contributed by atoms with Crippen molar-refractivity contribution in [3.8, 4) is 0 Å². The second kappa shape index (κ2) is 8.26. The Kier molecular flexibility index (Phi) is 6.60. The fourth-order valence-corrected chi connectivity index (χ4v) is 1.69. The maximum atomic E-state index is 11.5. The molecule has 19 heavy (non-hydrogen) atoms. The van der Waals surface area contributed by atoms with Gasteiger partial charge in [-0.05, 0) is 17.5 Å². The largest absolute Gasteiger partial charge is 0.481 e. The fourth-order valence-electron chi connectivity index (χ4n) is 1.69. The normalized spacial score (nSPS) is 10.2. The van der Waals surface area contributed by atoms with Gasteiger partial charge in [0.05, 0.1) is 6.61 Å². The van der Waals surface area contributed by atoms with Gasteiger partial charge in [-0.1, -0.05) is 24.3 Å². The summed E-state index contributed by atoms with van der Waals surface area (Å²) >= 11 is 0. The fraction of sp³-hybridized carbons (Fsp3) is 0.429. The minimum Gasteiger partial charge on any atom is -0.481 e. The summed E-state index contributed by atoms with van der Waals surface area (Å²) in [4.78, 5) is 21.8. The molecule has 1 aromatic carbocycles. The van der Waals surface area contributed by atoms with E-state index >= 15 is 0 Å². The Morgan fingerprint density at radius 2 is 2.00 bits per heavy atom. The number of carboxylic acid groups (broad SMARTS) is 1. The first-order chi connectivity index (χ1) is 9.11. The van der Waals surface area contributed by atoms with Gasteiger partial charge in [-0.25, -0.2) is 0 Å². The zero-order valence-electron chi connectivity index (χ0n) is 11.0. The molecule has 0 fully saturated rings. The number of carboxylic acids is 1. The predicted molar refractivity (Wildman–Crippen MR) is 70.5 cm³/mol. The summed E-state index contributed by atoms with van der Waals surface area (Å²) in [6.07, 6.45) is 0.631. The number of aliphatic carboxylic acids is 1. The first-order valence-electron chi connectivity index (χ1n) is 6.17. The highest BCUT2D eigenvalue weighted by Gasteiger charge is 2.04. The van der Waals surface area contributed by atoms with Crippen molar-refractivity contribution in [2.24, 2.45) is 0 Å². The van der Waals surface area contributed by atoms with Crippen molar-refractivity contribution in [3.05, 3.63) is 35.4 Å². The zero-order valence-corrected chi connectivity index (χ0v) is 11.0. The molecule has 0 aliphatic carbocycles. The first kappa shape index (κ1) is 15.2. The van der Waals surface area contributed by atoms with Gasteiger partial charge in [0.2, 0.25) is 5.91 Å². The van der Waals surface area contributed by atoms with E-state index in [1.807, 2.05) is 24.3 Å². The number of methoxy groups -OCH3 is 1. The van der Waals surface area contributed by atoms with E-state index in [2.05, 4.69) is 5.32 Å². The molecule has 0 heterocycles. The molecule has 0 aromatic heterocycles. The van der Waals surface area contributed by atoms with Crippen LogP contribution in [0.15, 0.2) is 24.3 Å². The second-order valence-corrected chi connectivity index (χ2v) is 4.28. The van der Waals surface area contributed by atoms with Crippen LogP contribution in [-0.2, 0) is 27.5 Å². The summed E-state index contributed by atoms with van der Waals surface area (Å²) in [7, 11) is 1.64. The van der Waals surface area contributed by atoms with Crippen LogP contribution in [0.25, 0.3) is 0 Å². The zero-order chi connectivity index (χ0) is 14.1. The number of rotatable bonds is 8. The maximum Gasteiger partial charge on any atom is 0.303 e. The van der Waals surface area contributed by atoms with Crippen molar-refractivity contribution in [1.82, 2.24) is 5.32 Å². The van der Waals surface area contributed by atoms with Crippen LogP contribution < -0.4 is 5.32 Å². The van der Waals surface area contributed by atoms with Crippen molar-refractivity contribution in [2.75, 3.05) is 7.11 Å². The van der Waals surface area contributed by atoms with Crippen molar-refractivity contribution < 1.29 is 19.4 Å². The van der Waals surface area contributed by atoms with Crippen LogP contribution in [-0.4, -0.2) is 24.1 Å². The van der Waals surface area contributed by atoms with E-state index in [1.54, 1.807) is 7.11 Å². The van der Waals surface area contributed by atoms with Crippen LogP contribution in [0.1, 0.15) is 30.4 Å². The van der Waals surface area contributed by atoms with E-state index < -0.39 is 5.97 Å². The van der Waals surface area contributed by atoms with Crippen LogP contribution in [0.4, 0.5) is 0 Å². The Bertz CT molecular complexity index is 431. The molecule has 0 aliphatic heterocycles. The van der Waals surface area contributed by atoms with Gasteiger partial charge in [0.1, 0.15) is 0 Å². The Hall–Kier alpha value is -1.88. The van der Waals surface area contributed by atoms with Crippen molar-refractivity contribution >= 4 is 11.9 Å². The highest BCUT2D eigenvalue weighted by atomic mass is 16.5. The van der Waals surface area contributed by atoms with Gasteiger partial charge in [0.15, 0.2) is 0 Å². The molecule has 5 heteroatoms. The molecule has 1 rings (SSSR count). The smallest absolute Gasteiger partial charge is 0.303 e. The first-order valence-corrected chi connectivity index (χ1v) is 6.17. The molecule has 0 saturated carbocycles. The van der Waals surface area contributed by atoms with Gasteiger partial charge >= 0.3 is 5.97 Å². The standard InChI is InChI=1S/C14H19NO4/c1-19-10-12-5-2-4-11(8-12)9-15-13(16)6-3-7-14(17)18/h2,4-5,8H,3,6-7,9-10H2,1H3,(H,15,16)(H,17,18). The van der Waals surface area contributed by atoms with Gasteiger partial charge in [-0.3, -0.25) is 9.59 Å². The van der Waals surface area contributed by atoms with E-state index in [0.717, 1.165) is 11.1 Å². The number of benzene rings is 1. The monoisotopic (exact) mass is 265 g/mol. The van der Waals surface area contributed by atoms with Crippen molar-refractivity contribution in [1.29, 1.82) is 0 Å². The molecule has 1 aromatic rings. The van der Waals surface area contributed by atoms with E-state index in [9.17, 15) is 9.59 Å². The molecule has 0 aliphatic rings. The Balaban J connectivity index is 2.33. The molecule has 104 valence electrons. The molecule has 0 spiro atoms. The molecule has 5 nitrogen and oxygen atoms in total. The topological polar surface area (TPSA) is 75.6 Å². The number of amides is 1. The summed E-state index contributed by atoms with van der Waals surface area (Å²) in [6.45, 7) is 0.990. The summed E-state index contributed by atoms with van der Waals surface area (Å²) in [5, 5.41) is 11.2. The van der Waals surface area contributed by atoms with Gasteiger partial charge < -0.3 is 15.2 Å². The predicted octanol–water partition coefficient (Wildman–Crippen LogP) is 1.70. The van der Waals surface area contributed by atoms with E-state index in [-0.39, 0.29) is 18.7 Å². The molecule has 0 saturated heterocycles. The third-order valence-corrected chi connectivity index (χ3v) is 2.59. The van der Waals surface area contributed by atoms with Crippen molar-refractivity contribution in [2.45, 2.75) is 32.4 Å². The van der Waals surface area contributed by atoms with Crippen LogP contribution in [0.2, 0.25) is 0 Å². The second-order valence-electron chi connectivity index (χ2n) is 4.28. The van der Waals surface area contributed by atoms with E-state index in [0.29, 0.717) is 19.6 Å². The summed E-state index contributed by atoms with van der Waals surface area (Å²) in [6, 6.07) is 7.78. The molecule has 0 bridgehead atoms. The van der Waals surface area contributed by atoms with Crippen LogP contribution in [0.3, 0.4) is 0 Å². The number of hydrogen-bond acceptors (Lipinski definition) is 3. The summed E-state index contributed by atoms with van der Waals surface area (Å²) in [5.41, 5.74) is 2.06. The minimum absolute atomic E-state index is 0.0245. The average molecular weight is 265 g/mol. The van der Waals surface area contributed by atoms with Crippen molar-refractivity contribution in [3.63, 3.8) is 0 Å². The Labute approximate surface area is 112 Å². The lowest BCUT2D eigenvalue weighted by molar-refractivity contribution is -0.137. The van der Waals surface area contributed by atoms with Gasteiger partial charge in [0.25, 0.3) is 0 Å². The highest BCUT2D eigenvalue weighted by molar-refractivity contribution is 5.76. The molecule has 1 amide bonds. The van der Waals surface area contributed by atoms with E-state index in [4.69, 9.17) is 9.84 Å². The quantitative estimate of drug-likeness (QED) is 0.750. The molecule has 0 radical (unpaired) electrons. The third kappa shape index (κ3) is 6.57. The summed E-state index contributed by atoms with van der Waals surface area (Å²) < 4.78 is 5.04. The Morgan fingerprint density at radius 3 is 2.68 bits per heavy atom. The number of carbonyl (C=O) groups is 2. The lowest BCUT2D eigenvalue weighted by Crippen LogP contribution is -2.22. The molecule has 2 N–H and O–H groups in total. The minimum atomic E-state index is -0.875. The lowest BCUT2D eigenvalue weighted by atomic mass is 10.1. The van der Waals surface area contributed by atoms with Gasteiger partial charge in [-0.15, -0.1) is 0 Å². The van der Waals surface area contributed by atoms with Crippen LogP contribution in [0, 0.1) is 0 Å². The number of ether oxygens (including phenoxy) is 1. The third-order valence-electron chi connectivity index (χ3n) is 2.59. The maximum absolute atomic E-state index is 11.5. The number of nitrogens with one attached hydrogen (secondary N) is 1. The molecular weight excluding hydrogens is 246 g/mol. The summed E-state index contributed by atoms with van der Waals surface area (Å²) in [5.74, 6) is -1.00. The Morgan fingerprint density at radius 1 is 1.26 bits per heavy atom. The highest BCUT2D eigenvalue weighted by Crippen LogP contribution is 2.06. The number of carbonyl (C=O) groups excluding carboxylic acids is 1. The average Bonchev–Trinajstić information content (AvgIpc) is 2.37. The molecular formula is C14H19NO4. The lowest BCUT2D eigenvalue weighted by Gasteiger charge is -2.07. The van der Waals surface area contributed by atoms with Crippen LogP contribution >= 0.6 is 0 Å². The molecule has 0 atom stereocenters. The molecule has 0 unspecified atom stereocenters. The van der Waals surface area contributed by atoms with Crippen LogP contribution in [0.5, 0.6) is 0 Å². The van der Waals surface area contributed by atoms with Gasteiger partial charge in [0, 0.05) is 26.5 Å². The van der Waals surface area contributed by atoms with Gasteiger partial charge in [-0.2, -0.15) is 0 Å².